The van der Waals surface area contributed by atoms with Gasteiger partial charge in [-0.25, -0.2) is 4.98 Å². The van der Waals surface area contributed by atoms with Gasteiger partial charge in [0.25, 0.3) is 0 Å². The normalized spacial score (nSPS) is 14.7. The first kappa shape index (κ1) is 16.5. The largest absolute Gasteiger partial charge is 0.399 e. The zero-order chi connectivity index (χ0) is 16.9. The summed E-state index contributed by atoms with van der Waals surface area (Å²) in [4.78, 5) is 6.91. The number of hydrogen-bond acceptors (Lipinski definition) is 6. The standard InChI is InChI=1S/C18H24N4O2/c1-13-2-3-15(19)12-16(13)14-10-17(20-4-7-23)21-18(11-14)22-5-8-24-9-6-22/h2-3,10-12,23H,4-9,19H2,1H3,(H,20,21). The van der Waals surface area contributed by atoms with Gasteiger partial charge in [0.15, 0.2) is 0 Å². The monoisotopic (exact) mass is 328 g/mol. The molecule has 6 nitrogen and oxygen atoms in total. The van der Waals surface area contributed by atoms with Crippen LogP contribution in [0.15, 0.2) is 30.3 Å². The van der Waals surface area contributed by atoms with Gasteiger partial charge in [-0.15, -0.1) is 0 Å². The zero-order valence-electron chi connectivity index (χ0n) is 14.0. The van der Waals surface area contributed by atoms with E-state index in [1.54, 1.807) is 0 Å². The van der Waals surface area contributed by atoms with Crippen LogP contribution in [-0.2, 0) is 4.74 Å². The second kappa shape index (κ2) is 7.51. The Morgan fingerprint density at radius 1 is 1.25 bits per heavy atom. The summed E-state index contributed by atoms with van der Waals surface area (Å²) in [7, 11) is 0. The number of nitrogens with one attached hydrogen (secondary N) is 1. The van der Waals surface area contributed by atoms with Gasteiger partial charge in [0.05, 0.1) is 19.8 Å². The Morgan fingerprint density at radius 3 is 2.79 bits per heavy atom. The van der Waals surface area contributed by atoms with Crippen LogP contribution in [0, 0.1) is 6.92 Å². The highest BCUT2D eigenvalue weighted by molar-refractivity contribution is 5.75. The molecule has 4 N–H and O–H groups in total. The minimum Gasteiger partial charge on any atom is -0.399 e. The summed E-state index contributed by atoms with van der Waals surface area (Å²) >= 11 is 0. The first-order chi connectivity index (χ1) is 11.7. The third-order valence-electron chi connectivity index (χ3n) is 4.14. The van der Waals surface area contributed by atoms with Crippen molar-refractivity contribution in [2.24, 2.45) is 0 Å². The fraction of sp³-hybridized carbons (Fsp3) is 0.389. The summed E-state index contributed by atoms with van der Waals surface area (Å²) < 4.78 is 5.43. The average Bonchev–Trinajstić information content (AvgIpc) is 2.62. The Labute approximate surface area is 142 Å². The molecule has 0 radical (unpaired) electrons. The molecule has 0 bridgehead atoms. The molecule has 0 spiro atoms. The summed E-state index contributed by atoms with van der Waals surface area (Å²) in [5, 5.41) is 12.2. The van der Waals surface area contributed by atoms with Gasteiger partial charge in [-0.1, -0.05) is 6.07 Å². The SMILES string of the molecule is Cc1ccc(N)cc1-c1cc(NCCO)nc(N2CCOCC2)c1. The fourth-order valence-electron chi connectivity index (χ4n) is 2.85. The molecule has 2 heterocycles. The second-order valence-electron chi connectivity index (χ2n) is 5.92. The molecular weight excluding hydrogens is 304 g/mol. The first-order valence-corrected chi connectivity index (χ1v) is 8.23. The predicted molar refractivity (Wildman–Crippen MR) is 97.4 cm³/mol. The van der Waals surface area contributed by atoms with Crippen molar-refractivity contribution >= 4 is 17.3 Å². The number of pyridine rings is 1. The zero-order valence-corrected chi connectivity index (χ0v) is 14.0. The van der Waals surface area contributed by atoms with Crippen LogP contribution >= 0.6 is 0 Å². The van der Waals surface area contributed by atoms with Gasteiger partial charge in [-0.2, -0.15) is 0 Å². The lowest BCUT2D eigenvalue weighted by atomic mass is 10.0. The van der Waals surface area contributed by atoms with E-state index in [0.717, 1.165) is 47.1 Å². The van der Waals surface area contributed by atoms with Crippen LogP contribution in [0.1, 0.15) is 5.56 Å². The van der Waals surface area contributed by atoms with Gasteiger partial charge in [0, 0.05) is 25.3 Å². The molecule has 2 aromatic rings. The summed E-state index contributed by atoms with van der Waals surface area (Å²) in [6.07, 6.45) is 0. The highest BCUT2D eigenvalue weighted by Crippen LogP contribution is 2.30. The van der Waals surface area contributed by atoms with Crippen LogP contribution in [0.5, 0.6) is 0 Å². The smallest absolute Gasteiger partial charge is 0.131 e. The Hall–Kier alpha value is -2.31. The number of nitrogen functional groups attached to an aromatic ring is 1. The van der Waals surface area contributed by atoms with Crippen LogP contribution in [0.25, 0.3) is 11.1 Å². The number of aliphatic hydroxyl groups excluding tert-OH is 1. The molecular formula is C18H24N4O2. The topological polar surface area (TPSA) is 83.6 Å². The second-order valence-corrected chi connectivity index (χ2v) is 5.92. The molecule has 1 aromatic heterocycles. The van der Waals surface area contributed by atoms with Gasteiger partial charge in [-0.05, 0) is 47.9 Å². The Bertz CT molecular complexity index is 699. The van der Waals surface area contributed by atoms with Crippen molar-refractivity contribution in [2.75, 3.05) is 55.4 Å². The molecule has 1 aliphatic heterocycles. The summed E-state index contributed by atoms with van der Waals surface area (Å²) in [5.41, 5.74) is 10.0. The lowest BCUT2D eigenvalue weighted by Crippen LogP contribution is -2.36. The maximum Gasteiger partial charge on any atom is 0.131 e. The van der Waals surface area contributed by atoms with Crippen LogP contribution < -0.4 is 16.0 Å². The number of aryl methyl sites for hydroxylation is 1. The lowest BCUT2D eigenvalue weighted by Gasteiger charge is -2.28. The minimum atomic E-state index is 0.0656. The van der Waals surface area contributed by atoms with E-state index in [9.17, 15) is 0 Å². The highest BCUT2D eigenvalue weighted by atomic mass is 16.5. The molecule has 6 heteroatoms. The maximum absolute atomic E-state index is 9.08. The summed E-state index contributed by atoms with van der Waals surface area (Å²) in [6.45, 7) is 5.68. The third-order valence-corrected chi connectivity index (χ3v) is 4.14. The molecule has 1 fully saturated rings. The summed E-state index contributed by atoms with van der Waals surface area (Å²) in [5.74, 6) is 1.67. The quantitative estimate of drug-likeness (QED) is 0.727. The van der Waals surface area contributed by atoms with Crippen LogP contribution in [-0.4, -0.2) is 49.5 Å². The number of benzene rings is 1. The number of hydrogen-bond donors (Lipinski definition) is 3. The number of ether oxygens (including phenoxy) is 1. The molecule has 0 unspecified atom stereocenters. The predicted octanol–water partition coefficient (Wildman–Crippen LogP) is 1.88. The molecule has 128 valence electrons. The molecule has 24 heavy (non-hydrogen) atoms. The first-order valence-electron chi connectivity index (χ1n) is 8.23. The Balaban J connectivity index is 2.01. The molecule has 3 rings (SSSR count). The summed E-state index contributed by atoms with van der Waals surface area (Å²) in [6, 6.07) is 10.0. The van der Waals surface area contributed by atoms with Crippen LogP contribution in [0.4, 0.5) is 17.3 Å². The van der Waals surface area contributed by atoms with E-state index < -0.39 is 0 Å². The number of anilines is 3. The van der Waals surface area contributed by atoms with Gasteiger partial charge in [0.2, 0.25) is 0 Å². The van der Waals surface area contributed by atoms with E-state index in [2.05, 4.69) is 28.2 Å². The number of nitrogens with two attached hydrogens (primary N) is 1. The molecule has 0 amide bonds. The number of aliphatic hydroxyl groups is 1. The number of aromatic nitrogens is 1. The van der Waals surface area contributed by atoms with Crippen molar-refractivity contribution in [1.82, 2.24) is 4.98 Å². The lowest BCUT2D eigenvalue weighted by molar-refractivity contribution is 0.122. The van der Waals surface area contributed by atoms with Gasteiger partial charge >= 0.3 is 0 Å². The third kappa shape index (κ3) is 3.77. The van der Waals surface area contributed by atoms with E-state index in [-0.39, 0.29) is 6.61 Å². The molecule has 0 saturated carbocycles. The van der Waals surface area contributed by atoms with Crippen molar-refractivity contribution in [3.05, 3.63) is 35.9 Å². The highest BCUT2D eigenvalue weighted by Gasteiger charge is 2.15. The molecule has 1 saturated heterocycles. The van der Waals surface area contributed by atoms with Crippen LogP contribution in [0.2, 0.25) is 0 Å². The molecule has 1 aliphatic rings. The van der Waals surface area contributed by atoms with Crippen LogP contribution in [0.3, 0.4) is 0 Å². The van der Waals surface area contributed by atoms with Crippen molar-refractivity contribution < 1.29 is 9.84 Å². The van der Waals surface area contributed by atoms with Gasteiger partial charge in [0.1, 0.15) is 11.6 Å². The molecule has 0 aliphatic carbocycles. The van der Waals surface area contributed by atoms with Crippen molar-refractivity contribution in [3.8, 4) is 11.1 Å². The van der Waals surface area contributed by atoms with Crippen molar-refractivity contribution in [1.29, 1.82) is 0 Å². The maximum atomic E-state index is 9.08. The Morgan fingerprint density at radius 2 is 2.04 bits per heavy atom. The van der Waals surface area contributed by atoms with E-state index in [4.69, 9.17) is 15.6 Å². The minimum absolute atomic E-state index is 0.0656. The number of nitrogens with zero attached hydrogens (tertiary/aromatic N) is 2. The van der Waals surface area contributed by atoms with Crippen molar-refractivity contribution in [2.45, 2.75) is 6.92 Å². The Kier molecular flexibility index (Phi) is 5.17. The van der Waals surface area contributed by atoms with Gasteiger partial charge < -0.3 is 25.8 Å². The molecule has 1 aromatic carbocycles. The van der Waals surface area contributed by atoms with E-state index in [1.807, 2.05) is 24.3 Å². The van der Waals surface area contributed by atoms with Crippen molar-refractivity contribution in [3.63, 3.8) is 0 Å². The molecule has 0 atom stereocenters. The fourth-order valence-corrected chi connectivity index (χ4v) is 2.85. The van der Waals surface area contributed by atoms with E-state index in [0.29, 0.717) is 19.8 Å². The van der Waals surface area contributed by atoms with E-state index in [1.165, 1.54) is 0 Å². The average molecular weight is 328 g/mol. The van der Waals surface area contributed by atoms with E-state index >= 15 is 0 Å². The van der Waals surface area contributed by atoms with Gasteiger partial charge in [-0.3, -0.25) is 0 Å². The number of morpholine rings is 1. The number of rotatable bonds is 5.